The van der Waals surface area contributed by atoms with E-state index >= 15 is 0 Å². The van der Waals surface area contributed by atoms with Crippen molar-refractivity contribution in [2.24, 2.45) is 7.05 Å². The first-order valence-corrected chi connectivity index (χ1v) is 7.54. The zero-order valence-corrected chi connectivity index (χ0v) is 12.9. The van der Waals surface area contributed by atoms with Crippen molar-refractivity contribution in [2.45, 2.75) is 12.1 Å². The molecule has 0 bridgehead atoms. The number of hydrogen-bond donors (Lipinski definition) is 0. The molecule has 0 atom stereocenters. The van der Waals surface area contributed by atoms with E-state index in [9.17, 15) is 5.26 Å². The molecule has 0 unspecified atom stereocenters. The van der Waals surface area contributed by atoms with Crippen molar-refractivity contribution in [1.29, 1.82) is 5.26 Å². The zero-order chi connectivity index (χ0) is 14.5. The monoisotopic (exact) mass is 303 g/mol. The van der Waals surface area contributed by atoms with Gasteiger partial charge >= 0.3 is 0 Å². The Morgan fingerprint density at radius 2 is 2.35 bits per heavy atom. The Labute approximate surface area is 127 Å². The normalized spacial score (nSPS) is 11.4. The largest absolute Gasteiger partial charge is 0.323 e. The smallest absolute Gasteiger partial charge is 0.168 e. The molecule has 1 aromatic carbocycles. The minimum Gasteiger partial charge on any atom is -0.323 e. The summed E-state index contributed by atoms with van der Waals surface area (Å²) in [5.74, 6) is 0.966. The number of halogens is 1. The van der Waals surface area contributed by atoms with Gasteiger partial charge in [-0.2, -0.15) is 5.26 Å². The molecule has 0 aliphatic rings. The molecule has 2 rings (SSSR count). The van der Waals surface area contributed by atoms with Gasteiger partial charge in [0.2, 0.25) is 0 Å². The van der Waals surface area contributed by atoms with Crippen molar-refractivity contribution in [1.82, 2.24) is 9.55 Å². The number of aromatic nitrogens is 2. The van der Waals surface area contributed by atoms with E-state index in [2.05, 4.69) is 18.0 Å². The predicted molar refractivity (Wildman–Crippen MR) is 84.5 cm³/mol. The van der Waals surface area contributed by atoms with E-state index in [1.807, 2.05) is 29.8 Å². The molecule has 5 heteroatoms. The van der Waals surface area contributed by atoms with Gasteiger partial charge in [-0.05, 0) is 29.5 Å². The van der Waals surface area contributed by atoms with Crippen molar-refractivity contribution >= 4 is 35.0 Å². The molecular weight excluding hydrogens is 290 g/mol. The van der Waals surface area contributed by atoms with E-state index in [0.29, 0.717) is 10.6 Å². The lowest BCUT2D eigenvalue weighted by Gasteiger charge is -2.03. The van der Waals surface area contributed by atoms with Gasteiger partial charge in [0.1, 0.15) is 0 Å². The van der Waals surface area contributed by atoms with E-state index in [1.165, 1.54) is 0 Å². The van der Waals surface area contributed by atoms with Crippen LogP contribution in [-0.2, 0) is 7.05 Å². The van der Waals surface area contributed by atoms with E-state index < -0.39 is 0 Å². The van der Waals surface area contributed by atoms with Gasteiger partial charge < -0.3 is 4.57 Å². The number of thioether (sulfide) groups is 1. The van der Waals surface area contributed by atoms with Crippen LogP contribution in [0.5, 0.6) is 0 Å². The molecule has 0 spiro atoms. The fourth-order valence-electron chi connectivity index (χ4n) is 1.79. The van der Waals surface area contributed by atoms with E-state index in [0.717, 1.165) is 22.2 Å². The third kappa shape index (κ3) is 3.24. The molecule has 0 saturated heterocycles. The molecule has 0 radical (unpaired) electrons. The Morgan fingerprint density at radius 3 is 3.00 bits per heavy atom. The zero-order valence-electron chi connectivity index (χ0n) is 11.3. The number of nitrogens with zero attached hydrogens (tertiary/aromatic N) is 3. The van der Waals surface area contributed by atoms with Crippen LogP contribution < -0.4 is 0 Å². The first kappa shape index (κ1) is 14.7. The molecule has 1 heterocycles. The molecule has 20 heavy (non-hydrogen) atoms. The lowest BCUT2D eigenvalue weighted by molar-refractivity contribution is 0.783. The van der Waals surface area contributed by atoms with Gasteiger partial charge in [0.25, 0.3) is 0 Å². The minimum absolute atomic E-state index is 0.573. The average molecular weight is 304 g/mol. The summed E-state index contributed by atoms with van der Waals surface area (Å²) in [6, 6.07) is 9.51. The second kappa shape index (κ2) is 6.65. The van der Waals surface area contributed by atoms with Crippen molar-refractivity contribution in [3.8, 4) is 6.07 Å². The van der Waals surface area contributed by atoms with Gasteiger partial charge in [0.05, 0.1) is 23.5 Å². The minimum atomic E-state index is 0.573. The standard InChI is InChI=1S/C15H14ClN3S/c1-3-20-15-18-10-14(19(15)2)8-12(9-17)11-5-4-6-13(16)7-11/h4-8,10H,3H2,1-2H3/b12-8+. The van der Waals surface area contributed by atoms with Crippen LogP contribution in [0.2, 0.25) is 5.02 Å². The summed E-state index contributed by atoms with van der Waals surface area (Å²) in [6.45, 7) is 2.08. The Bertz CT molecular complexity index is 683. The van der Waals surface area contributed by atoms with E-state index in [4.69, 9.17) is 11.6 Å². The molecule has 0 fully saturated rings. The third-order valence-corrected chi connectivity index (χ3v) is 3.96. The lowest BCUT2D eigenvalue weighted by Crippen LogP contribution is -1.94. The van der Waals surface area contributed by atoms with Crippen molar-refractivity contribution in [3.05, 3.63) is 46.7 Å². The highest BCUT2D eigenvalue weighted by molar-refractivity contribution is 7.99. The third-order valence-electron chi connectivity index (χ3n) is 2.80. The van der Waals surface area contributed by atoms with Gasteiger partial charge in [0, 0.05) is 12.1 Å². The van der Waals surface area contributed by atoms with Crippen molar-refractivity contribution in [2.75, 3.05) is 5.75 Å². The Kier molecular flexibility index (Phi) is 4.89. The summed E-state index contributed by atoms with van der Waals surface area (Å²) < 4.78 is 1.98. The maximum absolute atomic E-state index is 9.34. The van der Waals surface area contributed by atoms with E-state index in [1.54, 1.807) is 30.1 Å². The van der Waals surface area contributed by atoms with Crippen molar-refractivity contribution in [3.63, 3.8) is 0 Å². The molecule has 2 aromatic rings. The molecule has 3 nitrogen and oxygen atoms in total. The molecule has 0 N–H and O–H groups in total. The van der Waals surface area contributed by atoms with Gasteiger partial charge in [-0.15, -0.1) is 0 Å². The van der Waals surface area contributed by atoms with Crippen LogP contribution in [0, 0.1) is 11.3 Å². The highest BCUT2D eigenvalue weighted by Gasteiger charge is 2.07. The average Bonchev–Trinajstić information content (AvgIpc) is 2.78. The Morgan fingerprint density at radius 1 is 1.55 bits per heavy atom. The van der Waals surface area contributed by atoms with Crippen LogP contribution in [0.4, 0.5) is 0 Å². The summed E-state index contributed by atoms with van der Waals surface area (Å²) in [5, 5.41) is 10.9. The van der Waals surface area contributed by atoms with Crippen LogP contribution in [0.25, 0.3) is 11.6 Å². The first-order chi connectivity index (χ1) is 9.65. The molecule has 102 valence electrons. The fourth-order valence-corrected chi connectivity index (χ4v) is 2.66. The number of nitriles is 1. The van der Waals surface area contributed by atoms with Crippen molar-refractivity contribution < 1.29 is 0 Å². The van der Waals surface area contributed by atoms with Crippen LogP contribution in [0.3, 0.4) is 0 Å². The highest BCUT2D eigenvalue weighted by Crippen LogP contribution is 2.23. The van der Waals surface area contributed by atoms with E-state index in [-0.39, 0.29) is 0 Å². The predicted octanol–water partition coefficient (Wildman–Crippen LogP) is 4.25. The van der Waals surface area contributed by atoms with Gasteiger partial charge in [-0.1, -0.05) is 42.4 Å². The first-order valence-electron chi connectivity index (χ1n) is 6.18. The summed E-state index contributed by atoms with van der Waals surface area (Å²) in [5.41, 5.74) is 2.28. The van der Waals surface area contributed by atoms with Crippen LogP contribution >= 0.6 is 23.4 Å². The summed E-state index contributed by atoms with van der Waals surface area (Å²) in [4.78, 5) is 4.35. The Hall–Kier alpha value is -1.70. The Balaban J connectivity index is 2.40. The van der Waals surface area contributed by atoms with Gasteiger partial charge in [-0.3, -0.25) is 0 Å². The van der Waals surface area contributed by atoms with Crippen LogP contribution in [0.15, 0.2) is 35.6 Å². The SMILES string of the molecule is CCSc1ncc(/C=C(\C#N)c2cccc(Cl)c2)n1C. The molecule has 0 aliphatic heterocycles. The quantitative estimate of drug-likeness (QED) is 0.626. The summed E-state index contributed by atoms with van der Waals surface area (Å²) >= 11 is 7.64. The molecule has 0 aliphatic carbocycles. The molecule has 0 amide bonds. The lowest BCUT2D eigenvalue weighted by atomic mass is 10.1. The topological polar surface area (TPSA) is 41.6 Å². The summed E-state index contributed by atoms with van der Waals surface area (Å²) in [7, 11) is 1.95. The molecule has 0 saturated carbocycles. The molecular formula is C15H14ClN3S. The number of benzene rings is 1. The maximum Gasteiger partial charge on any atom is 0.168 e. The fraction of sp³-hybridized carbons (Fsp3) is 0.200. The number of imidazole rings is 1. The van der Waals surface area contributed by atoms with Crippen LogP contribution in [0.1, 0.15) is 18.2 Å². The number of rotatable bonds is 4. The second-order valence-electron chi connectivity index (χ2n) is 4.14. The summed E-state index contributed by atoms with van der Waals surface area (Å²) in [6.07, 6.45) is 3.61. The second-order valence-corrected chi connectivity index (χ2v) is 5.81. The maximum atomic E-state index is 9.34. The molecule has 1 aromatic heterocycles. The van der Waals surface area contributed by atoms with Gasteiger partial charge in [0.15, 0.2) is 5.16 Å². The van der Waals surface area contributed by atoms with Crippen LogP contribution in [-0.4, -0.2) is 15.3 Å². The van der Waals surface area contributed by atoms with Gasteiger partial charge in [-0.25, -0.2) is 4.98 Å². The number of allylic oxidation sites excluding steroid dienone is 1. The highest BCUT2D eigenvalue weighted by atomic mass is 35.5. The number of hydrogen-bond acceptors (Lipinski definition) is 3.